The number of carbonyl (C=O) groups is 2. The van der Waals surface area contributed by atoms with E-state index in [1.807, 2.05) is 35.0 Å². The van der Waals surface area contributed by atoms with Crippen molar-refractivity contribution >= 4 is 22.8 Å². The van der Waals surface area contributed by atoms with Crippen molar-refractivity contribution in [2.24, 2.45) is 0 Å². The predicted octanol–water partition coefficient (Wildman–Crippen LogP) is 2.00. The number of pyridine rings is 1. The van der Waals surface area contributed by atoms with Crippen LogP contribution >= 0.6 is 0 Å². The number of aromatic nitrogens is 3. The van der Waals surface area contributed by atoms with Gasteiger partial charge in [0.1, 0.15) is 5.82 Å². The quantitative estimate of drug-likeness (QED) is 0.511. The molecule has 30 heavy (non-hydrogen) atoms. The van der Waals surface area contributed by atoms with E-state index in [1.54, 1.807) is 12.4 Å². The van der Waals surface area contributed by atoms with E-state index in [9.17, 15) is 5.11 Å². The van der Waals surface area contributed by atoms with Crippen molar-refractivity contribution in [1.29, 1.82) is 0 Å². The number of β-amino-alcohol motifs (C(OH)–C–C–N with tert-alkyl or cyclic N) is 1. The van der Waals surface area contributed by atoms with Crippen molar-refractivity contribution in [3.8, 4) is 11.4 Å². The molecule has 1 fully saturated rings. The number of hydrogen-bond acceptors (Lipinski definition) is 6. The number of imidazole rings is 1. The van der Waals surface area contributed by atoms with E-state index in [1.165, 1.54) is 0 Å². The summed E-state index contributed by atoms with van der Waals surface area (Å²) in [5.41, 5.74) is 1.33. The lowest BCUT2D eigenvalue weighted by atomic mass is 10.0. The van der Waals surface area contributed by atoms with E-state index in [0.29, 0.717) is 13.1 Å². The fourth-order valence-electron chi connectivity index (χ4n) is 3.09. The first-order valence-electron chi connectivity index (χ1n) is 9.39. The zero-order chi connectivity index (χ0) is 22.1. The standard InChI is InChI=1S/C17H18N4O.2C2H4O2/c22-17(5-7-18-11-17)12-21-9-8-20-16(21)14-3-4-15-13(10-14)2-1-6-19-15;2*1-2(3)4/h1-4,6,8-10,18,22H,5,7,11-12H2;2*1H3,(H,3,4). The monoisotopic (exact) mass is 414 g/mol. The normalized spacial score (nSPS) is 17.4. The van der Waals surface area contributed by atoms with E-state index in [2.05, 4.69) is 21.4 Å². The number of carboxylic acid groups (broad SMARTS) is 2. The van der Waals surface area contributed by atoms with E-state index in [0.717, 1.165) is 49.1 Å². The summed E-state index contributed by atoms with van der Waals surface area (Å²) < 4.78 is 2.03. The average molecular weight is 414 g/mol. The largest absolute Gasteiger partial charge is 0.481 e. The highest BCUT2D eigenvalue weighted by Gasteiger charge is 2.32. The predicted molar refractivity (Wildman–Crippen MR) is 112 cm³/mol. The van der Waals surface area contributed by atoms with Gasteiger partial charge in [0.05, 0.1) is 17.7 Å². The SMILES string of the molecule is CC(=O)O.CC(=O)O.OC1(Cn2ccnc2-c2ccc3ncccc3c2)CCNC1. The Morgan fingerprint density at radius 2 is 1.83 bits per heavy atom. The number of nitrogens with one attached hydrogen (secondary N) is 1. The summed E-state index contributed by atoms with van der Waals surface area (Å²) in [6.45, 7) is 4.22. The van der Waals surface area contributed by atoms with Crippen molar-refractivity contribution in [3.05, 3.63) is 48.9 Å². The van der Waals surface area contributed by atoms with Crippen LogP contribution in [0.2, 0.25) is 0 Å². The fourth-order valence-corrected chi connectivity index (χ4v) is 3.09. The molecule has 1 unspecified atom stereocenters. The number of aliphatic carboxylic acids is 2. The number of rotatable bonds is 3. The van der Waals surface area contributed by atoms with E-state index in [4.69, 9.17) is 19.8 Å². The molecule has 9 nitrogen and oxygen atoms in total. The zero-order valence-corrected chi connectivity index (χ0v) is 16.9. The Morgan fingerprint density at radius 1 is 1.13 bits per heavy atom. The number of nitrogens with zero attached hydrogens (tertiary/aromatic N) is 3. The van der Waals surface area contributed by atoms with Gasteiger partial charge in [-0.05, 0) is 37.2 Å². The second kappa shape index (κ2) is 10.5. The lowest BCUT2D eigenvalue weighted by molar-refractivity contribution is -0.135. The molecule has 0 bridgehead atoms. The minimum absolute atomic E-state index is 0.556. The number of aliphatic hydroxyl groups is 1. The van der Waals surface area contributed by atoms with Crippen LogP contribution in [0.4, 0.5) is 0 Å². The molecule has 0 saturated carbocycles. The Hall–Kier alpha value is -3.30. The molecule has 1 aliphatic rings. The van der Waals surface area contributed by atoms with E-state index in [-0.39, 0.29) is 0 Å². The van der Waals surface area contributed by atoms with Gasteiger partial charge in [-0.2, -0.15) is 0 Å². The number of fused-ring (bicyclic) bond motifs is 1. The first-order chi connectivity index (χ1) is 14.2. The molecule has 1 aromatic carbocycles. The molecular weight excluding hydrogens is 388 g/mol. The van der Waals surface area contributed by atoms with Gasteiger partial charge in [-0.1, -0.05) is 6.07 Å². The van der Waals surface area contributed by atoms with Crippen molar-refractivity contribution in [1.82, 2.24) is 19.9 Å². The molecule has 3 heterocycles. The smallest absolute Gasteiger partial charge is 0.300 e. The van der Waals surface area contributed by atoms with E-state index >= 15 is 0 Å². The number of carboxylic acids is 2. The van der Waals surface area contributed by atoms with Crippen molar-refractivity contribution in [2.75, 3.05) is 13.1 Å². The van der Waals surface area contributed by atoms with Gasteiger partial charge in [0.25, 0.3) is 11.9 Å². The van der Waals surface area contributed by atoms with Crippen molar-refractivity contribution in [3.63, 3.8) is 0 Å². The van der Waals surface area contributed by atoms with Gasteiger partial charge in [0.15, 0.2) is 0 Å². The molecule has 1 aliphatic heterocycles. The first kappa shape index (κ1) is 23.0. The molecule has 3 aromatic rings. The number of benzene rings is 1. The summed E-state index contributed by atoms with van der Waals surface area (Å²) in [6, 6.07) is 10.1. The lowest BCUT2D eigenvalue weighted by Gasteiger charge is -2.23. The van der Waals surface area contributed by atoms with Crippen molar-refractivity contribution in [2.45, 2.75) is 32.4 Å². The summed E-state index contributed by atoms with van der Waals surface area (Å²) >= 11 is 0. The van der Waals surface area contributed by atoms with Gasteiger partial charge in [-0.3, -0.25) is 14.6 Å². The highest BCUT2D eigenvalue weighted by molar-refractivity contribution is 5.83. The van der Waals surface area contributed by atoms with Gasteiger partial charge in [-0.25, -0.2) is 4.98 Å². The third-order valence-electron chi connectivity index (χ3n) is 4.26. The molecule has 4 N–H and O–H groups in total. The Morgan fingerprint density at radius 3 is 2.47 bits per heavy atom. The third kappa shape index (κ3) is 6.94. The Balaban J connectivity index is 0.000000347. The molecule has 9 heteroatoms. The Bertz CT molecular complexity index is 976. The van der Waals surface area contributed by atoms with Crippen LogP contribution in [-0.2, 0) is 16.1 Å². The zero-order valence-electron chi connectivity index (χ0n) is 16.9. The first-order valence-corrected chi connectivity index (χ1v) is 9.39. The molecule has 2 aromatic heterocycles. The van der Waals surface area contributed by atoms with E-state index < -0.39 is 17.5 Å². The van der Waals surface area contributed by atoms with Crippen LogP contribution < -0.4 is 5.32 Å². The molecule has 1 atom stereocenters. The highest BCUT2D eigenvalue weighted by atomic mass is 16.4. The van der Waals surface area contributed by atoms with Gasteiger partial charge in [-0.15, -0.1) is 0 Å². The summed E-state index contributed by atoms with van der Waals surface area (Å²) in [6.07, 6.45) is 6.28. The molecule has 0 spiro atoms. The molecule has 160 valence electrons. The summed E-state index contributed by atoms with van der Waals surface area (Å²) in [7, 11) is 0. The second-order valence-corrected chi connectivity index (χ2v) is 6.98. The Labute approximate surface area is 174 Å². The van der Waals surface area contributed by atoms with Gasteiger partial charge in [0, 0.05) is 49.9 Å². The average Bonchev–Trinajstić information content (AvgIpc) is 3.30. The van der Waals surface area contributed by atoms with Gasteiger partial charge >= 0.3 is 0 Å². The van der Waals surface area contributed by atoms with Crippen molar-refractivity contribution < 1.29 is 24.9 Å². The van der Waals surface area contributed by atoms with Crippen LogP contribution in [0.15, 0.2) is 48.9 Å². The fraction of sp³-hybridized carbons (Fsp3) is 0.333. The topological polar surface area (TPSA) is 138 Å². The summed E-state index contributed by atoms with van der Waals surface area (Å²) in [4.78, 5) is 26.8. The molecule has 4 rings (SSSR count). The van der Waals surface area contributed by atoms with Gasteiger partial charge < -0.3 is 25.2 Å². The van der Waals surface area contributed by atoms with Crippen LogP contribution in [0, 0.1) is 0 Å². The van der Waals surface area contributed by atoms with Crippen LogP contribution in [0.25, 0.3) is 22.3 Å². The maximum Gasteiger partial charge on any atom is 0.300 e. The van der Waals surface area contributed by atoms with Crippen LogP contribution in [0.3, 0.4) is 0 Å². The Kier molecular flexibility index (Phi) is 8.02. The number of hydrogen-bond donors (Lipinski definition) is 4. The van der Waals surface area contributed by atoms with Crippen LogP contribution in [0.1, 0.15) is 20.3 Å². The third-order valence-corrected chi connectivity index (χ3v) is 4.26. The second-order valence-electron chi connectivity index (χ2n) is 6.98. The minimum atomic E-state index is -0.833. The molecule has 0 amide bonds. The summed E-state index contributed by atoms with van der Waals surface area (Å²) in [5, 5.41) is 29.7. The maximum absolute atomic E-state index is 10.6. The lowest BCUT2D eigenvalue weighted by Crippen LogP contribution is -2.36. The van der Waals surface area contributed by atoms with Gasteiger partial charge in [0.2, 0.25) is 0 Å². The highest BCUT2D eigenvalue weighted by Crippen LogP contribution is 2.25. The molecule has 0 radical (unpaired) electrons. The summed E-state index contributed by atoms with van der Waals surface area (Å²) in [5.74, 6) is -0.786. The molecule has 0 aliphatic carbocycles. The maximum atomic E-state index is 10.6. The minimum Gasteiger partial charge on any atom is -0.481 e. The van der Waals surface area contributed by atoms with Crippen LogP contribution in [0.5, 0.6) is 0 Å². The van der Waals surface area contributed by atoms with Crippen LogP contribution in [-0.4, -0.2) is 60.5 Å². The molecule has 1 saturated heterocycles. The molecular formula is C21H26N4O5.